The third kappa shape index (κ3) is 3.84. The van der Waals surface area contributed by atoms with Gasteiger partial charge in [0, 0.05) is 24.0 Å². The Morgan fingerprint density at radius 2 is 2.25 bits per heavy atom. The maximum atomic E-state index is 8.66. The van der Waals surface area contributed by atoms with Crippen molar-refractivity contribution in [1.29, 1.82) is 0 Å². The van der Waals surface area contributed by atoms with E-state index in [4.69, 9.17) is 9.84 Å². The minimum absolute atomic E-state index is 0.169. The predicted octanol–water partition coefficient (Wildman–Crippen LogP) is 1.78. The van der Waals surface area contributed by atoms with Crippen molar-refractivity contribution >= 4 is 0 Å². The number of aliphatic hydroxyl groups is 1. The molecule has 20 heavy (non-hydrogen) atoms. The third-order valence-electron chi connectivity index (χ3n) is 2.60. The smallest absolute Gasteiger partial charge is 0.139 e. The Morgan fingerprint density at radius 1 is 1.40 bits per heavy atom. The van der Waals surface area contributed by atoms with Crippen LogP contribution in [0, 0.1) is 11.8 Å². The van der Waals surface area contributed by atoms with Crippen LogP contribution in [0.15, 0.2) is 30.7 Å². The molecule has 0 radical (unpaired) electrons. The number of rotatable bonds is 4. The van der Waals surface area contributed by atoms with E-state index >= 15 is 0 Å². The van der Waals surface area contributed by atoms with E-state index < -0.39 is 0 Å². The van der Waals surface area contributed by atoms with Crippen molar-refractivity contribution in [3.05, 3.63) is 42.0 Å². The van der Waals surface area contributed by atoms with Crippen LogP contribution >= 0.6 is 0 Å². The van der Waals surface area contributed by atoms with Crippen molar-refractivity contribution in [2.75, 3.05) is 6.61 Å². The normalized spacial score (nSPS) is 10.2. The summed E-state index contributed by atoms with van der Waals surface area (Å²) in [7, 11) is 0. The molecule has 0 aliphatic heterocycles. The van der Waals surface area contributed by atoms with E-state index in [1.165, 1.54) is 0 Å². The second-order valence-electron chi connectivity index (χ2n) is 4.54. The molecule has 0 unspecified atom stereocenters. The van der Waals surface area contributed by atoms with E-state index in [-0.39, 0.29) is 6.61 Å². The van der Waals surface area contributed by atoms with Crippen molar-refractivity contribution in [2.24, 2.45) is 0 Å². The zero-order chi connectivity index (χ0) is 14.4. The molecule has 2 heterocycles. The molecule has 104 valence electrons. The quantitative estimate of drug-likeness (QED) is 0.861. The first-order valence-electron chi connectivity index (χ1n) is 6.40. The van der Waals surface area contributed by atoms with Crippen molar-refractivity contribution in [1.82, 2.24) is 14.8 Å². The first-order valence-corrected chi connectivity index (χ1v) is 6.40. The predicted molar refractivity (Wildman–Crippen MR) is 75.1 cm³/mol. The van der Waals surface area contributed by atoms with Crippen LogP contribution in [-0.2, 0) is 6.61 Å². The Balaban J connectivity index is 1.99. The van der Waals surface area contributed by atoms with Crippen LogP contribution in [0.2, 0.25) is 0 Å². The van der Waals surface area contributed by atoms with Gasteiger partial charge in [-0.15, -0.1) is 0 Å². The van der Waals surface area contributed by atoms with Gasteiger partial charge < -0.3 is 9.84 Å². The fraction of sp³-hybridized carbons (Fsp3) is 0.333. The Hall–Kier alpha value is -2.32. The van der Waals surface area contributed by atoms with Gasteiger partial charge in [0.1, 0.15) is 19.0 Å². The van der Waals surface area contributed by atoms with Gasteiger partial charge in [0.2, 0.25) is 0 Å². The van der Waals surface area contributed by atoms with Crippen LogP contribution in [0.25, 0.3) is 0 Å². The van der Waals surface area contributed by atoms with E-state index in [9.17, 15) is 0 Å². The summed E-state index contributed by atoms with van der Waals surface area (Å²) in [5.41, 5.74) is 1.58. The van der Waals surface area contributed by atoms with Crippen molar-refractivity contribution in [3.63, 3.8) is 0 Å². The number of pyridine rings is 1. The van der Waals surface area contributed by atoms with Gasteiger partial charge in [-0.1, -0.05) is 11.8 Å². The Bertz CT molecular complexity index is 623. The van der Waals surface area contributed by atoms with Gasteiger partial charge >= 0.3 is 0 Å². The number of aromatic nitrogens is 3. The third-order valence-corrected chi connectivity index (χ3v) is 2.60. The van der Waals surface area contributed by atoms with E-state index in [1.54, 1.807) is 18.5 Å². The van der Waals surface area contributed by atoms with Gasteiger partial charge in [-0.25, -0.2) is 0 Å². The molecule has 5 heteroatoms. The molecule has 0 fully saturated rings. The summed E-state index contributed by atoms with van der Waals surface area (Å²) in [5.74, 6) is 6.00. The van der Waals surface area contributed by atoms with Crippen molar-refractivity contribution < 1.29 is 9.84 Å². The lowest BCUT2D eigenvalue weighted by molar-refractivity contribution is 0.297. The highest BCUT2D eigenvalue weighted by molar-refractivity contribution is 5.36. The molecular weight excluding hydrogens is 254 g/mol. The van der Waals surface area contributed by atoms with Crippen LogP contribution in [0.5, 0.6) is 5.75 Å². The standard InChI is InChI=1S/C15H17N3O2/c1-12(2)18-6-5-14(17-18)11-20-15-8-13(4-3-7-19)9-16-10-15/h5-6,8-10,12,19H,7,11H2,1-2H3. The molecule has 0 bridgehead atoms. The number of nitrogens with zero attached hydrogens (tertiary/aromatic N) is 3. The fourth-order valence-corrected chi connectivity index (χ4v) is 1.61. The molecule has 5 nitrogen and oxygen atoms in total. The van der Waals surface area contributed by atoms with E-state index in [0.717, 1.165) is 5.69 Å². The van der Waals surface area contributed by atoms with Crippen LogP contribution in [0.4, 0.5) is 0 Å². The molecule has 0 spiro atoms. The average molecular weight is 271 g/mol. The highest BCUT2D eigenvalue weighted by Crippen LogP contribution is 2.13. The SMILES string of the molecule is CC(C)n1ccc(COc2cncc(C#CCO)c2)n1. The zero-order valence-electron chi connectivity index (χ0n) is 11.6. The van der Waals surface area contributed by atoms with Gasteiger partial charge in [0.25, 0.3) is 0 Å². The lowest BCUT2D eigenvalue weighted by Gasteiger charge is -2.05. The average Bonchev–Trinajstić information content (AvgIpc) is 2.92. The number of ether oxygens (including phenoxy) is 1. The molecule has 2 aromatic heterocycles. The molecule has 0 saturated carbocycles. The Morgan fingerprint density at radius 3 is 2.95 bits per heavy atom. The summed E-state index contributed by atoms with van der Waals surface area (Å²) < 4.78 is 7.53. The minimum atomic E-state index is -0.169. The molecule has 0 atom stereocenters. The van der Waals surface area contributed by atoms with Gasteiger partial charge in [0.05, 0.1) is 11.9 Å². The maximum Gasteiger partial charge on any atom is 0.139 e. The van der Waals surface area contributed by atoms with Gasteiger partial charge in [-0.3, -0.25) is 9.67 Å². The summed E-state index contributed by atoms with van der Waals surface area (Å²) in [5, 5.41) is 13.1. The summed E-state index contributed by atoms with van der Waals surface area (Å²) in [6.45, 7) is 4.37. The van der Waals surface area contributed by atoms with Crippen LogP contribution in [0.3, 0.4) is 0 Å². The highest BCUT2D eigenvalue weighted by Gasteiger charge is 2.03. The van der Waals surface area contributed by atoms with E-state index in [0.29, 0.717) is 24.0 Å². The molecule has 0 saturated heterocycles. The molecular formula is C15H17N3O2. The molecule has 2 rings (SSSR count). The zero-order valence-corrected chi connectivity index (χ0v) is 11.6. The molecule has 0 amide bonds. The Kier molecular flexibility index (Phi) is 4.75. The Labute approximate surface area is 118 Å². The highest BCUT2D eigenvalue weighted by atomic mass is 16.5. The molecule has 2 aromatic rings. The molecule has 0 aromatic carbocycles. The van der Waals surface area contributed by atoms with Crippen molar-refractivity contribution in [3.8, 4) is 17.6 Å². The molecule has 0 aliphatic rings. The van der Waals surface area contributed by atoms with Crippen LogP contribution in [-0.4, -0.2) is 26.5 Å². The van der Waals surface area contributed by atoms with Crippen molar-refractivity contribution in [2.45, 2.75) is 26.5 Å². The van der Waals surface area contributed by atoms with Gasteiger partial charge in [0.15, 0.2) is 0 Å². The number of hydrogen-bond donors (Lipinski definition) is 1. The summed E-state index contributed by atoms with van der Waals surface area (Å²) in [6.07, 6.45) is 5.19. The fourth-order valence-electron chi connectivity index (χ4n) is 1.61. The summed E-state index contributed by atoms with van der Waals surface area (Å²) in [4.78, 5) is 4.05. The number of aliphatic hydroxyl groups excluding tert-OH is 1. The van der Waals surface area contributed by atoms with E-state index in [2.05, 4.69) is 35.8 Å². The second kappa shape index (κ2) is 6.73. The first kappa shape index (κ1) is 14.1. The molecule has 1 N–H and O–H groups in total. The largest absolute Gasteiger partial charge is 0.486 e. The monoisotopic (exact) mass is 271 g/mol. The maximum absolute atomic E-state index is 8.66. The van der Waals surface area contributed by atoms with Crippen LogP contribution < -0.4 is 4.74 Å². The summed E-state index contributed by atoms with van der Waals surface area (Å²) >= 11 is 0. The second-order valence-corrected chi connectivity index (χ2v) is 4.54. The van der Waals surface area contributed by atoms with E-state index in [1.807, 2.05) is 16.9 Å². The molecule has 0 aliphatic carbocycles. The lowest BCUT2D eigenvalue weighted by Crippen LogP contribution is -2.03. The number of hydrogen-bond acceptors (Lipinski definition) is 4. The topological polar surface area (TPSA) is 60.2 Å². The summed E-state index contributed by atoms with van der Waals surface area (Å²) in [6, 6.07) is 4.06. The van der Waals surface area contributed by atoms with Gasteiger partial charge in [-0.2, -0.15) is 5.10 Å². The van der Waals surface area contributed by atoms with Gasteiger partial charge in [-0.05, 0) is 26.0 Å². The first-order chi connectivity index (χ1) is 9.69. The van der Waals surface area contributed by atoms with Crippen LogP contribution in [0.1, 0.15) is 31.1 Å². The minimum Gasteiger partial charge on any atom is -0.486 e. The lowest BCUT2D eigenvalue weighted by atomic mass is 10.3.